The monoisotopic (exact) mass is 408 g/mol. The van der Waals surface area contributed by atoms with Gasteiger partial charge in [0.25, 0.3) is 5.91 Å². The van der Waals surface area contributed by atoms with E-state index in [9.17, 15) is 14.4 Å². The summed E-state index contributed by atoms with van der Waals surface area (Å²) in [4.78, 5) is 36.6. The molecule has 1 aliphatic heterocycles. The summed E-state index contributed by atoms with van der Waals surface area (Å²) in [6.45, 7) is 5.80. The van der Waals surface area contributed by atoms with E-state index in [1.165, 1.54) is 0 Å². The Morgan fingerprint density at radius 1 is 1.14 bits per heavy atom. The lowest BCUT2D eigenvalue weighted by molar-refractivity contribution is -0.144. The number of benzene rings is 1. The molecule has 0 spiro atoms. The topological polar surface area (TPSA) is 97.0 Å². The van der Waals surface area contributed by atoms with Gasteiger partial charge in [0.05, 0.1) is 6.61 Å². The number of amides is 2. The highest BCUT2D eigenvalue weighted by Gasteiger charge is 2.52. The molecule has 7 nitrogen and oxygen atoms in total. The van der Waals surface area contributed by atoms with Crippen molar-refractivity contribution < 1.29 is 23.9 Å². The van der Waals surface area contributed by atoms with Gasteiger partial charge in [0, 0.05) is 17.5 Å². The fourth-order valence-corrected chi connectivity index (χ4v) is 3.48. The summed E-state index contributed by atoms with van der Waals surface area (Å²) in [5.41, 5.74) is 1.15. The van der Waals surface area contributed by atoms with Gasteiger partial charge in [-0.3, -0.25) is 9.59 Å². The molecule has 1 aromatic rings. The van der Waals surface area contributed by atoms with E-state index in [-0.39, 0.29) is 18.6 Å². The van der Waals surface area contributed by atoms with E-state index in [4.69, 9.17) is 9.47 Å². The molecular formula is C20H28N2O5S. The summed E-state index contributed by atoms with van der Waals surface area (Å²) in [5.74, 6) is -0.115. The van der Waals surface area contributed by atoms with Crippen molar-refractivity contribution in [2.24, 2.45) is 0 Å². The van der Waals surface area contributed by atoms with Crippen LogP contribution in [0.5, 0.6) is 0 Å². The molecule has 1 unspecified atom stereocenters. The van der Waals surface area contributed by atoms with Gasteiger partial charge in [-0.15, -0.1) is 0 Å². The third-order valence-electron chi connectivity index (χ3n) is 4.30. The molecule has 0 saturated carbocycles. The lowest BCUT2D eigenvalue weighted by atomic mass is 10.2. The van der Waals surface area contributed by atoms with Crippen LogP contribution in [0.2, 0.25) is 0 Å². The van der Waals surface area contributed by atoms with Crippen LogP contribution in [0.25, 0.3) is 0 Å². The third kappa shape index (κ3) is 6.83. The van der Waals surface area contributed by atoms with E-state index in [1.54, 1.807) is 18.7 Å². The number of thioether (sulfide) groups is 1. The quantitative estimate of drug-likeness (QED) is 0.427. The fraction of sp³-hybridized carbons (Fsp3) is 0.550. The Labute approximate surface area is 169 Å². The number of ether oxygens (including phenoxy) is 2. The van der Waals surface area contributed by atoms with Crippen LogP contribution >= 0.6 is 11.8 Å². The summed E-state index contributed by atoms with van der Waals surface area (Å²) in [6.07, 6.45) is -0.979. The maximum absolute atomic E-state index is 12.6. The zero-order valence-electron chi connectivity index (χ0n) is 16.5. The summed E-state index contributed by atoms with van der Waals surface area (Å²) in [5, 5.41) is 5.61. The van der Waals surface area contributed by atoms with Crippen LogP contribution < -0.4 is 10.6 Å². The van der Waals surface area contributed by atoms with Gasteiger partial charge < -0.3 is 20.1 Å². The molecule has 0 aromatic heterocycles. The Balaban J connectivity index is 1.91. The normalized spacial score (nSPS) is 20.0. The lowest BCUT2D eigenvalue weighted by Crippen LogP contribution is -2.51. The molecule has 2 N–H and O–H groups in total. The van der Waals surface area contributed by atoms with Gasteiger partial charge in [0.15, 0.2) is 12.2 Å². The van der Waals surface area contributed by atoms with Crippen LogP contribution in [0, 0.1) is 0 Å². The van der Waals surface area contributed by atoms with Gasteiger partial charge in [0.2, 0.25) is 5.91 Å². The number of rotatable bonds is 11. The van der Waals surface area contributed by atoms with Crippen molar-refractivity contribution in [1.82, 2.24) is 10.6 Å². The smallest absolute Gasteiger partial charge is 0.338 e. The zero-order chi connectivity index (χ0) is 20.5. The van der Waals surface area contributed by atoms with Crippen molar-refractivity contribution in [3.63, 3.8) is 0 Å². The highest BCUT2D eigenvalue weighted by molar-refractivity contribution is 7.98. The van der Waals surface area contributed by atoms with E-state index >= 15 is 0 Å². The van der Waals surface area contributed by atoms with Crippen molar-refractivity contribution in [3.05, 3.63) is 35.9 Å². The number of epoxide rings is 1. The second-order valence-corrected chi connectivity index (χ2v) is 7.64. The molecule has 1 saturated heterocycles. The van der Waals surface area contributed by atoms with E-state index in [0.717, 1.165) is 17.7 Å². The minimum Gasteiger partial charge on any atom is -0.464 e. The summed E-state index contributed by atoms with van der Waals surface area (Å²) in [7, 11) is 0. The summed E-state index contributed by atoms with van der Waals surface area (Å²) < 4.78 is 9.98. The van der Waals surface area contributed by atoms with Crippen molar-refractivity contribution in [3.8, 4) is 0 Å². The highest BCUT2D eigenvalue weighted by Crippen LogP contribution is 2.24. The molecule has 0 aliphatic carbocycles. The van der Waals surface area contributed by atoms with Gasteiger partial charge in [-0.05, 0) is 25.8 Å². The molecule has 1 aromatic carbocycles. The predicted molar refractivity (Wildman–Crippen MR) is 108 cm³/mol. The molecule has 0 radical (unpaired) electrons. The molecule has 0 bridgehead atoms. The standard InChI is InChI=1S/C20H28N2O5S/c1-4-13(3)21-18(23)15(12-28-11-14-9-7-6-8-10-14)22-19(24)16-17(27-16)20(25)26-5-2/h6-10,13,15-17H,4-5,11-12H2,1-3H3,(H,21,23)(H,22,24)/t13?,15-,16-,17-/m0/s1. The Hall–Kier alpha value is -2.06. The van der Waals surface area contributed by atoms with Crippen LogP contribution in [0.1, 0.15) is 32.8 Å². The van der Waals surface area contributed by atoms with Gasteiger partial charge >= 0.3 is 5.97 Å². The average molecular weight is 409 g/mol. The first-order valence-electron chi connectivity index (χ1n) is 9.50. The van der Waals surface area contributed by atoms with Crippen LogP contribution in [0.4, 0.5) is 0 Å². The minimum atomic E-state index is -0.892. The van der Waals surface area contributed by atoms with Gasteiger partial charge in [-0.2, -0.15) is 11.8 Å². The minimum absolute atomic E-state index is 0.00970. The largest absolute Gasteiger partial charge is 0.464 e. The molecule has 2 amide bonds. The van der Waals surface area contributed by atoms with Crippen molar-refractivity contribution >= 4 is 29.5 Å². The van der Waals surface area contributed by atoms with E-state index in [2.05, 4.69) is 10.6 Å². The van der Waals surface area contributed by atoms with Crippen molar-refractivity contribution in [1.29, 1.82) is 0 Å². The van der Waals surface area contributed by atoms with Crippen LogP contribution in [0.15, 0.2) is 30.3 Å². The number of carbonyl (C=O) groups excluding carboxylic acids is 3. The van der Waals surface area contributed by atoms with Crippen molar-refractivity contribution in [2.75, 3.05) is 12.4 Å². The maximum atomic E-state index is 12.6. The Bertz CT molecular complexity index is 670. The second-order valence-electron chi connectivity index (χ2n) is 6.61. The lowest BCUT2D eigenvalue weighted by Gasteiger charge is -2.20. The molecule has 4 atom stereocenters. The maximum Gasteiger partial charge on any atom is 0.338 e. The first-order chi connectivity index (χ1) is 13.5. The van der Waals surface area contributed by atoms with Gasteiger partial charge in [-0.1, -0.05) is 37.3 Å². The predicted octanol–water partition coefficient (Wildman–Crippen LogP) is 1.65. The second kappa shape index (κ2) is 11.1. The molecular weight excluding hydrogens is 380 g/mol. The number of hydrogen-bond acceptors (Lipinski definition) is 6. The number of esters is 1. The molecule has 8 heteroatoms. The van der Waals surface area contributed by atoms with Gasteiger partial charge in [0.1, 0.15) is 6.04 Å². The average Bonchev–Trinajstić information content (AvgIpc) is 3.49. The number of nitrogens with one attached hydrogen (secondary N) is 2. The number of hydrogen-bond donors (Lipinski definition) is 2. The molecule has 1 heterocycles. The molecule has 154 valence electrons. The third-order valence-corrected chi connectivity index (χ3v) is 5.41. The first kappa shape index (κ1) is 22.2. The first-order valence-corrected chi connectivity index (χ1v) is 10.7. The Morgan fingerprint density at radius 2 is 1.86 bits per heavy atom. The summed E-state index contributed by atoms with van der Waals surface area (Å²) >= 11 is 1.56. The van der Waals surface area contributed by atoms with Crippen LogP contribution in [-0.4, -0.2) is 54.4 Å². The highest BCUT2D eigenvalue weighted by atomic mass is 32.2. The molecule has 1 fully saturated rings. The molecule has 2 rings (SSSR count). The van der Waals surface area contributed by atoms with Crippen LogP contribution in [-0.2, 0) is 29.6 Å². The van der Waals surface area contributed by atoms with E-state index < -0.39 is 30.1 Å². The molecule has 28 heavy (non-hydrogen) atoms. The van der Waals surface area contributed by atoms with Gasteiger partial charge in [-0.25, -0.2) is 4.79 Å². The Morgan fingerprint density at radius 3 is 2.50 bits per heavy atom. The van der Waals surface area contributed by atoms with Crippen molar-refractivity contribution in [2.45, 2.75) is 57.2 Å². The number of carbonyl (C=O) groups is 3. The Kier molecular flexibility index (Phi) is 8.79. The zero-order valence-corrected chi connectivity index (χ0v) is 17.3. The fourth-order valence-electron chi connectivity index (χ4n) is 2.47. The van der Waals surface area contributed by atoms with Crippen LogP contribution in [0.3, 0.4) is 0 Å². The SMILES string of the molecule is CCOC(=O)[C@H]1O[C@@H]1C(=O)N[C@@H](CSCc1ccccc1)C(=O)NC(C)CC. The van der Waals surface area contributed by atoms with E-state index in [0.29, 0.717) is 5.75 Å². The molecule has 1 aliphatic rings. The summed E-state index contributed by atoms with van der Waals surface area (Å²) in [6, 6.07) is 9.21. The van der Waals surface area contributed by atoms with E-state index in [1.807, 2.05) is 44.2 Å².